The summed E-state index contributed by atoms with van der Waals surface area (Å²) < 4.78 is 0. The number of piperazine rings is 1. The van der Waals surface area contributed by atoms with Gasteiger partial charge in [0.15, 0.2) is 0 Å². The third kappa shape index (κ3) is 2.23. The second kappa shape index (κ2) is 5.09. The summed E-state index contributed by atoms with van der Waals surface area (Å²) in [5, 5.41) is 12.0. The van der Waals surface area contributed by atoms with Gasteiger partial charge in [-0.25, -0.2) is 0 Å². The molecule has 1 heterocycles. The van der Waals surface area contributed by atoms with E-state index in [0.29, 0.717) is 13.0 Å². The molecule has 0 aromatic heterocycles. The van der Waals surface area contributed by atoms with E-state index in [1.54, 1.807) is 4.90 Å². The summed E-state index contributed by atoms with van der Waals surface area (Å²) in [5.74, 6) is 0.0477. The minimum atomic E-state index is -0.251. The predicted molar refractivity (Wildman–Crippen MR) is 62.3 cm³/mol. The van der Waals surface area contributed by atoms with Crippen LogP contribution in [0.1, 0.15) is 6.42 Å². The van der Waals surface area contributed by atoms with Gasteiger partial charge in [-0.15, -0.1) is 0 Å². The lowest BCUT2D eigenvalue weighted by Crippen LogP contribution is -2.55. The van der Waals surface area contributed by atoms with Crippen molar-refractivity contribution in [2.24, 2.45) is 0 Å². The van der Waals surface area contributed by atoms with Crippen molar-refractivity contribution >= 4 is 11.6 Å². The van der Waals surface area contributed by atoms with E-state index in [9.17, 15) is 4.79 Å². The van der Waals surface area contributed by atoms with Crippen molar-refractivity contribution in [2.75, 3.05) is 24.6 Å². The number of aliphatic hydroxyl groups excluding tert-OH is 1. The Labute approximate surface area is 94.9 Å². The summed E-state index contributed by atoms with van der Waals surface area (Å²) in [6, 6.07) is 9.39. The van der Waals surface area contributed by atoms with E-state index in [4.69, 9.17) is 5.11 Å². The van der Waals surface area contributed by atoms with Crippen LogP contribution in [0, 0.1) is 0 Å². The van der Waals surface area contributed by atoms with Gasteiger partial charge in [-0.05, 0) is 18.6 Å². The van der Waals surface area contributed by atoms with Crippen LogP contribution >= 0.6 is 0 Å². The zero-order chi connectivity index (χ0) is 11.4. The summed E-state index contributed by atoms with van der Waals surface area (Å²) in [6.07, 6.45) is 0.474. The van der Waals surface area contributed by atoms with Crippen LogP contribution in [0.15, 0.2) is 30.3 Å². The number of hydrogen-bond acceptors (Lipinski definition) is 3. The molecule has 1 fully saturated rings. The van der Waals surface area contributed by atoms with Gasteiger partial charge in [-0.1, -0.05) is 18.2 Å². The largest absolute Gasteiger partial charge is 0.396 e. The van der Waals surface area contributed by atoms with Gasteiger partial charge in [-0.3, -0.25) is 4.79 Å². The van der Waals surface area contributed by atoms with E-state index in [1.807, 2.05) is 30.3 Å². The highest BCUT2D eigenvalue weighted by atomic mass is 16.3. The first kappa shape index (κ1) is 11.1. The number of benzene rings is 1. The molecular formula is C12H16N2O2. The second-order valence-corrected chi connectivity index (χ2v) is 3.84. The van der Waals surface area contributed by atoms with E-state index in [2.05, 4.69) is 5.32 Å². The van der Waals surface area contributed by atoms with Crippen LogP contribution in [0.4, 0.5) is 5.69 Å². The average Bonchev–Trinajstić information content (AvgIpc) is 2.33. The first-order valence-electron chi connectivity index (χ1n) is 5.53. The van der Waals surface area contributed by atoms with Gasteiger partial charge in [-0.2, -0.15) is 0 Å². The summed E-state index contributed by atoms with van der Waals surface area (Å²) in [5.41, 5.74) is 0.928. The Balaban J connectivity index is 2.13. The highest BCUT2D eigenvalue weighted by Gasteiger charge is 2.28. The monoisotopic (exact) mass is 220 g/mol. The number of nitrogens with zero attached hydrogens (tertiary/aromatic N) is 1. The van der Waals surface area contributed by atoms with Crippen LogP contribution in [0.5, 0.6) is 0 Å². The fourth-order valence-corrected chi connectivity index (χ4v) is 1.96. The van der Waals surface area contributed by atoms with E-state index >= 15 is 0 Å². The maximum atomic E-state index is 12.1. The Morgan fingerprint density at radius 3 is 2.81 bits per heavy atom. The molecule has 1 unspecified atom stereocenters. The molecule has 86 valence electrons. The number of carbonyl (C=O) groups is 1. The van der Waals surface area contributed by atoms with Crippen LogP contribution in [0.25, 0.3) is 0 Å². The molecule has 1 aliphatic rings. The van der Waals surface area contributed by atoms with Crippen LogP contribution in [0.3, 0.4) is 0 Å². The quantitative estimate of drug-likeness (QED) is 0.774. The van der Waals surface area contributed by atoms with Gasteiger partial charge in [0.1, 0.15) is 0 Å². The molecule has 1 atom stereocenters. The fraction of sp³-hybridized carbons (Fsp3) is 0.417. The maximum absolute atomic E-state index is 12.1. The molecule has 1 amide bonds. The summed E-state index contributed by atoms with van der Waals surface area (Å²) in [6.45, 7) is 1.49. The number of rotatable bonds is 3. The van der Waals surface area contributed by atoms with Crippen molar-refractivity contribution in [1.82, 2.24) is 5.32 Å². The third-order valence-corrected chi connectivity index (χ3v) is 2.78. The van der Waals surface area contributed by atoms with Crippen LogP contribution in [-0.2, 0) is 4.79 Å². The van der Waals surface area contributed by atoms with Gasteiger partial charge >= 0.3 is 0 Å². The van der Waals surface area contributed by atoms with Crippen molar-refractivity contribution in [3.63, 3.8) is 0 Å². The van der Waals surface area contributed by atoms with E-state index in [-0.39, 0.29) is 18.6 Å². The molecule has 1 saturated heterocycles. The Kier molecular flexibility index (Phi) is 3.54. The SMILES string of the molecule is O=C1C(CCO)NCCN1c1ccccc1. The van der Waals surface area contributed by atoms with Gasteiger partial charge in [0.25, 0.3) is 0 Å². The molecule has 1 aromatic carbocycles. The minimum Gasteiger partial charge on any atom is -0.396 e. The number of nitrogens with one attached hydrogen (secondary N) is 1. The lowest BCUT2D eigenvalue weighted by Gasteiger charge is -2.33. The molecule has 4 nitrogen and oxygen atoms in total. The Morgan fingerprint density at radius 1 is 1.38 bits per heavy atom. The van der Waals surface area contributed by atoms with Gasteiger partial charge in [0, 0.05) is 25.4 Å². The summed E-state index contributed by atoms with van der Waals surface area (Å²) in [4.78, 5) is 13.8. The van der Waals surface area contributed by atoms with Crippen LogP contribution in [-0.4, -0.2) is 36.8 Å². The fourth-order valence-electron chi connectivity index (χ4n) is 1.96. The molecule has 4 heteroatoms. The maximum Gasteiger partial charge on any atom is 0.244 e. The molecule has 2 N–H and O–H groups in total. The highest BCUT2D eigenvalue weighted by Crippen LogP contribution is 2.16. The standard InChI is InChI=1S/C12H16N2O2/c15-9-6-11-12(16)14(8-7-13-11)10-4-2-1-3-5-10/h1-5,11,13,15H,6-9H2. The normalized spacial score (nSPS) is 21.2. The van der Waals surface area contributed by atoms with E-state index < -0.39 is 0 Å². The summed E-state index contributed by atoms with van der Waals surface area (Å²) in [7, 11) is 0. The third-order valence-electron chi connectivity index (χ3n) is 2.78. The molecule has 0 radical (unpaired) electrons. The zero-order valence-electron chi connectivity index (χ0n) is 9.10. The molecule has 0 spiro atoms. The molecule has 1 aliphatic heterocycles. The van der Waals surface area contributed by atoms with Crippen molar-refractivity contribution < 1.29 is 9.90 Å². The molecule has 0 bridgehead atoms. The predicted octanol–water partition coefficient (Wildman–Crippen LogP) is 0.374. The first-order chi connectivity index (χ1) is 7.83. The molecule has 16 heavy (non-hydrogen) atoms. The van der Waals surface area contributed by atoms with Crippen molar-refractivity contribution in [1.29, 1.82) is 0 Å². The van der Waals surface area contributed by atoms with Crippen molar-refractivity contribution in [3.05, 3.63) is 30.3 Å². The molecule has 1 aromatic rings. The number of anilines is 1. The topological polar surface area (TPSA) is 52.6 Å². The first-order valence-corrected chi connectivity index (χ1v) is 5.53. The van der Waals surface area contributed by atoms with Gasteiger partial charge in [0.05, 0.1) is 6.04 Å². The molecule has 0 saturated carbocycles. The molecule has 0 aliphatic carbocycles. The summed E-state index contributed by atoms with van der Waals surface area (Å²) >= 11 is 0. The van der Waals surface area contributed by atoms with Crippen molar-refractivity contribution in [3.8, 4) is 0 Å². The lowest BCUT2D eigenvalue weighted by molar-refractivity contribution is -0.122. The second-order valence-electron chi connectivity index (χ2n) is 3.84. The Hall–Kier alpha value is -1.39. The molecular weight excluding hydrogens is 204 g/mol. The lowest BCUT2D eigenvalue weighted by atomic mass is 10.1. The van der Waals surface area contributed by atoms with Crippen LogP contribution in [0.2, 0.25) is 0 Å². The highest BCUT2D eigenvalue weighted by molar-refractivity contribution is 5.97. The number of para-hydroxylation sites is 1. The van der Waals surface area contributed by atoms with E-state index in [0.717, 1.165) is 12.2 Å². The molecule has 2 rings (SSSR count). The minimum absolute atomic E-state index is 0.0338. The average molecular weight is 220 g/mol. The zero-order valence-corrected chi connectivity index (χ0v) is 9.10. The Morgan fingerprint density at radius 2 is 2.12 bits per heavy atom. The van der Waals surface area contributed by atoms with E-state index in [1.165, 1.54) is 0 Å². The number of carbonyl (C=O) groups excluding carboxylic acids is 1. The van der Waals surface area contributed by atoms with Gasteiger partial charge < -0.3 is 15.3 Å². The number of aliphatic hydroxyl groups is 1. The number of hydrogen-bond donors (Lipinski definition) is 2. The Bertz CT molecular complexity index is 351. The van der Waals surface area contributed by atoms with Crippen molar-refractivity contribution in [2.45, 2.75) is 12.5 Å². The number of amides is 1. The van der Waals surface area contributed by atoms with Gasteiger partial charge in [0.2, 0.25) is 5.91 Å². The smallest absolute Gasteiger partial charge is 0.244 e. The van der Waals surface area contributed by atoms with Crippen LogP contribution < -0.4 is 10.2 Å².